The first kappa shape index (κ1) is 22.7. The van der Waals surface area contributed by atoms with Gasteiger partial charge in [-0.25, -0.2) is 0 Å². The Kier molecular flexibility index (Phi) is 11.3. The van der Waals surface area contributed by atoms with Gasteiger partial charge in [-0.1, -0.05) is 18.2 Å². The smallest absolute Gasteiger partial charge is 0.191 e. The van der Waals surface area contributed by atoms with E-state index < -0.39 is 6.10 Å². The first-order valence-corrected chi connectivity index (χ1v) is 9.47. The van der Waals surface area contributed by atoms with E-state index in [-0.39, 0.29) is 30.6 Å². The molecule has 0 saturated carbocycles. The van der Waals surface area contributed by atoms with E-state index in [1.807, 2.05) is 38.1 Å². The summed E-state index contributed by atoms with van der Waals surface area (Å²) in [7, 11) is 0. The summed E-state index contributed by atoms with van der Waals surface area (Å²) in [5, 5.41) is 18.6. The number of guanidine groups is 1. The minimum atomic E-state index is -0.645. The van der Waals surface area contributed by atoms with Crippen LogP contribution in [0.1, 0.15) is 17.4 Å². The molecule has 0 aliphatic rings. The Morgan fingerprint density at radius 2 is 2.12 bits per heavy atom. The van der Waals surface area contributed by atoms with Crippen molar-refractivity contribution in [1.82, 2.24) is 10.6 Å². The molecule has 144 valence electrons. The van der Waals surface area contributed by atoms with Crippen LogP contribution in [0.3, 0.4) is 0 Å². The van der Waals surface area contributed by atoms with Gasteiger partial charge in [-0.05, 0) is 49.4 Å². The largest absolute Gasteiger partial charge is 0.491 e. The van der Waals surface area contributed by atoms with Crippen molar-refractivity contribution in [2.75, 3.05) is 26.2 Å². The van der Waals surface area contributed by atoms with E-state index in [9.17, 15) is 5.11 Å². The van der Waals surface area contributed by atoms with Crippen molar-refractivity contribution >= 4 is 41.3 Å². The summed E-state index contributed by atoms with van der Waals surface area (Å²) in [6.07, 6.45) is 0.314. The lowest BCUT2D eigenvalue weighted by atomic mass is 10.2. The number of aliphatic hydroxyl groups is 1. The fourth-order valence-electron chi connectivity index (χ4n) is 2.25. The highest BCUT2D eigenvalue weighted by Crippen LogP contribution is 2.12. The molecule has 0 spiro atoms. The molecule has 1 unspecified atom stereocenters. The number of hydrogen-bond acceptors (Lipinski definition) is 4. The summed E-state index contributed by atoms with van der Waals surface area (Å²) in [6.45, 7) is 6.14. The zero-order valence-corrected chi connectivity index (χ0v) is 18.4. The molecule has 1 aromatic carbocycles. The zero-order chi connectivity index (χ0) is 17.9. The van der Waals surface area contributed by atoms with E-state index in [4.69, 9.17) is 4.74 Å². The summed E-state index contributed by atoms with van der Waals surface area (Å²) in [5.74, 6) is 1.48. The lowest BCUT2D eigenvalue weighted by Gasteiger charge is -2.14. The molecule has 0 bridgehead atoms. The van der Waals surface area contributed by atoms with Crippen LogP contribution in [0.15, 0.2) is 46.8 Å². The van der Waals surface area contributed by atoms with Gasteiger partial charge in [-0.15, -0.1) is 35.3 Å². The number of hydrogen-bond donors (Lipinski definition) is 3. The molecule has 1 aromatic heterocycles. The summed E-state index contributed by atoms with van der Waals surface area (Å²) in [4.78, 5) is 5.77. The van der Waals surface area contributed by atoms with Crippen LogP contribution >= 0.6 is 35.3 Å². The number of nitrogens with one attached hydrogen (secondary N) is 2. The fraction of sp³-hybridized carbons (Fsp3) is 0.421. The average Bonchev–Trinajstić information content (AvgIpc) is 3.11. The van der Waals surface area contributed by atoms with E-state index >= 15 is 0 Å². The fourth-order valence-corrected chi connectivity index (χ4v) is 2.96. The third kappa shape index (κ3) is 8.86. The molecule has 1 heterocycles. The normalized spacial score (nSPS) is 12.2. The number of nitrogens with zero attached hydrogens (tertiary/aromatic N) is 1. The standard InChI is InChI=1S/C19H27N3O2S.HI/c1-3-20-19(21-10-9-18-8-5-11-25-18)22-13-16(23)14-24-17-7-4-6-15(2)12-17;/h4-8,11-12,16,23H,3,9-10,13-14H2,1-2H3,(H2,20,21,22);1H. The van der Waals surface area contributed by atoms with E-state index in [1.165, 1.54) is 4.88 Å². The maximum absolute atomic E-state index is 10.1. The number of aliphatic hydroxyl groups excluding tert-OH is 1. The number of ether oxygens (including phenoxy) is 1. The molecule has 5 nitrogen and oxygen atoms in total. The van der Waals surface area contributed by atoms with Crippen molar-refractivity contribution in [3.8, 4) is 5.75 Å². The van der Waals surface area contributed by atoms with Crippen molar-refractivity contribution < 1.29 is 9.84 Å². The van der Waals surface area contributed by atoms with Gasteiger partial charge in [0.2, 0.25) is 0 Å². The molecule has 0 aliphatic heterocycles. The average molecular weight is 489 g/mol. The zero-order valence-electron chi connectivity index (χ0n) is 15.3. The van der Waals surface area contributed by atoms with Gasteiger partial charge >= 0.3 is 0 Å². The van der Waals surface area contributed by atoms with Crippen LogP contribution in [0.4, 0.5) is 0 Å². The second-order valence-electron chi connectivity index (χ2n) is 5.76. The van der Waals surface area contributed by atoms with Crippen LogP contribution in [-0.2, 0) is 6.42 Å². The number of aliphatic imine (C=N–C) groups is 1. The Balaban J connectivity index is 0.00000338. The maximum atomic E-state index is 10.1. The first-order chi connectivity index (χ1) is 12.2. The molecule has 7 heteroatoms. The van der Waals surface area contributed by atoms with Gasteiger partial charge in [0.25, 0.3) is 0 Å². The highest BCUT2D eigenvalue weighted by atomic mass is 127. The Labute approximate surface area is 176 Å². The van der Waals surface area contributed by atoms with Crippen LogP contribution in [0, 0.1) is 6.92 Å². The molecule has 2 aromatic rings. The first-order valence-electron chi connectivity index (χ1n) is 8.59. The van der Waals surface area contributed by atoms with Gasteiger partial charge in [0.1, 0.15) is 18.5 Å². The van der Waals surface area contributed by atoms with E-state index in [0.717, 1.165) is 30.8 Å². The summed E-state index contributed by atoms with van der Waals surface area (Å²) in [6, 6.07) is 12.0. The van der Waals surface area contributed by atoms with Crippen LogP contribution in [0.2, 0.25) is 0 Å². The van der Waals surface area contributed by atoms with E-state index in [0.29, 0.717) is 12.5 Å². The monoisotopic (exact) mass is 489 g/mol. The van der Waals surface area contributed by atoms with Gasteiger partial charge in [-0.2, -0.15) is 0 Å². The van der Waals surface area contributed by atoms with Crippen molar-refractivity contribution in [3.05, 3.63) is 52.2 Å². The predicted octanol–water partition coefficient (Wildman–Crippen LogP) is 3.21. The maximum Gasteiger partial charge on any atom is 0.191 e. The SMILES string of the molecule is CCNC(=NCC(O)COc1cccc(C)c1)NCCc1cccs1.I. The minimum absolute atomic E-state index is 0. The van der Waals surface area contributed by atoms with Crippen molar-refractivity contribution in [2.45, 2.75) is 26.4 Å². The van der Waals surface area contributed by atoms with Gasteiger partial charge in [0.15, 0.2) is 5.96 Å². The highest BCUT2D eigenvalue weighted by molar-refractivity contribution is 14.0. The lowest BCUT2D eigenvalue weighted by molar-refractivity contribution is 0.114. The lowest BCUT2D eigenvalue weighted by Crippen LogP contribution is -2.39. The molecule has 2 rings (SSSR count). The molecular weight excluding hydrogens is 461 g/mol. The second-order valence-corrected chi connectivity index (χ2v) is 6.79. The molecule has 0 aliphatic carbocycles. The Morgan fingerprint density at radius 1 is 1.27 bits per heavy atom. The van der Waals surface area contributed by atoms with Crippen LogP contribution in [0.25, 0.3) is 0 Å². The number of rotatable bonds is 9. The molecule has 0 radical (unpaired) electrons. The van der Waals surface area contributed by atoms with Gasteiger partial charge in [-0.3, -0.25) is 4.99 Å². The molecule has 3 N–H and O–H groups in total. The second kappa shape index (κ2) is 12.9. The van der Waals surface area contributed by atoms with Crippen molar-refractivity contribution in [2.24, 2.45) is 4.99 Å². The van der Waals surface area contributed by atoms with Gasteiger partial charge in [0, 0.05) is 18.0 Å². The molecular formula is C19H28IN3O2S. The number of thiophene rings is 1. The number of benzene rings is 1. The van der Waals surface area contributed by atoms with E-state index in [1.54, 1.807) is 11.3 Å². The molecule has 26 heavy (non-hydrogen) atoms. The summed E-state index contributed by atoms with van der Waals surface area (Å²) < 4.78 is 5.61. The van der Waals surface area contributed by atoms with Crippen molar-refractivity contribution in [3.63, 3.8) is 0 Å². The summed E-state index contributed by atoms with van der Waals surface area (Å²) >= 11 is 1.75. The van der Waals surface area contributed by atoms with Crippen LogP contribution < -0.4 is 15.4 Å². The third-order valence-electron chi connectivity index (χ3n) is 3.48. The van der Waals surface area contributed by atoms with Gasteiger partial charge in [0.05, 0.1) is 6.54 Å². The predicted molar refractivity (Wildman–Crippen MR) is 120 cm³/mol. The van der Waals surface area contributed by atoms with Crippen molar-refractivity contribution in [1.29, 1.82) is 0 Å². The van der Waals surface area contributed by atoms with Crippen LogP contribution in [0.5, 0.6) is 5.75 Å². The Morgan fingerprint density at radius 3 is 2.81 bits per heavy atom. The van der Waals surface area contributed by atoms with Crippen LogP contribution in [-0.4, -0.2) is 43.4 Å². The third-order valence-corrected chi connectivity index (χ3v) is 4.42. The number of aryl methyl sites for hydroxylation is 1. The van der Waals surface area contributed by atoms with Gasteiger partial charge < -0.3 is 20.5 Å². The minimum Gasteiger partial charge on any atom is -0.491 e. The topological polar surface area (TPSA) is 65.9 Å². The highest BCUT2D eigenvalue weighted by Gasteiger charge is 2.06. The molecule has 0 fully saturated rings. The summed E-state index contributed by atoms with van der Waals surface area (Å²) in [5.41, 5.74) is 1.13. The molecule has 0 amide bonds. The molecule has 0 saturated heterocycles. The van der Waals surface area contributed by atoms with E-state index in [2.05, 4.69) is 33.1 Å². The number of halogens is 1. The molecule has 1 atom stereocenters. The Hall–Kier alpha value is -1.32. The Bertz CT molecular complexity index is 650. The quantitative estimate of drug-likeness (QED) is 0.288.